The zero-order valence-corrected chi connectivity index (χ0v) is 7.83. The van der Waals surface area contributed by atoms with Gasteiger partial charge in [0.05, 0.1) is 11.6 Å². The molecule has 0 fully saturated rings. The Bertz CT molecular complexity index is 424. The van der Waals surface area contributed by atoms with Gasteiger partial charge in [-0.1, -0.05) is 0 Å². The summed E-state index contributed by atoms with van der Waals surface area (Å²) in [4.78, 5) is 11.0. The summed E-state index contributed by atoms with van der Waals surface area (Å²) in [6.07, 6.45) is 0. The first-order chi connectivity index (χ1) is 7.02. The highest BCUT2D eigenvalue weighted by atomic mass is 19.3. The van der Waals surface area contributed by atoms with Crippen LogP contribution in [0.25, 0.3) is 0 Å². The van der Waals surface area contributed by atoms with Crippen LogP contribution in [0.2, 0.25) is 0 Å². The molecule has 0 aliphatic heterocycles. The second kappa shape index (κ2) is 4.51. The highest BCUT2D eigenvalue weighted by molar-refractivity contribution is 5.94. The topological polar surface area (TPSA) is 50.1 Å². The number of halogens is 2. The average Bonchev–Trinajstić information content (AvgIpc) is 2.16. The van der Waals surface area contributed by atoms with Crippen molar-refractivity contribution in [1.82, 2.24) is 0 Å². The van der Waals surface area contributed by atoms with Gasteiger partial charge in [-0.2, -0.15) is 14.0 Å². The van der Waals surface area contributed by atoms with Crippen molar-refractivity contribution in [3.63, 3.8) is 0 Å². The monoisotopic (exact) mass is 211 g/mol. The largest absolute Gasteiger partial charge is 0.435 e. The van der Waals surface area contributed by atoms with E-state index in [9.17, 15) is 13.6 Å². The summed E-state index contributed by atoms with van der Waals surface area (Å²) in [6, 6.07) is 5.41. The second-order valence-electron chi connectivity index (χ2n) is 2.79. The molecule has 0 saturated heterocycles. The summed E-state index contributed by atoms with van der Waals surface area (Å²) in [5, 5.41) is 8.60. The zero-order valence-electron chi connectivity index (χ0n) is 7.83. The molecule has 1 aromatic rings. The quantitative estimate of drug-likeness (QED) is 0.721. The van der Waals surface area contributed by atoms with Gasteiger partial charge in [0.15, 0.2) is 5.78 Å². The number of rotatable bonds is 3. The number of carbonyl (C=O) groups excluding carboxylic acids is 1. The van der Waals surface area contributed by atoms with E-state index >= 15 is 0 Å². The highest BCUT2D eigenvalue weighted by Crippen LogP contribution is 2.19. The van der Waals surface area contributed by atoms with Crippen molar-refractivity contribution in [2.24, 2.45) is 0 Å². The van der Waals surface area contributed by atoms with E-state index in [4.69, 9.17) is 5.26 Å². The van der Waals surface area contributed by atoms with Gasteiger partial charge < -0.3 is 4.74 Å². The summed E-state index contributed by atoms with van der Waals surface area (Å²) in [5.74, 6) is -0.500. The summed E-state index contributed by atoms with van der Waals surface area (Å²) >= 11 is 0. The Morgan fingerprint density at radius 1 is 1.47 bits per heavy atom. The van der Waals surface area contributed by atoms with Gasteiger partial charge >= 0.3 is 6.61 Å². The number of nitriles is 1. The minimum atomic E-state index is -2.97. The van der Waals surface area contributed by atoms with E-state index in [0.29, 0.717) is 0 Å². The third kappa shape index (κ3) is 3.02. The molecule has 0 unspecified atom stereocenters. The maximum Gasteiger partial charge on any atom is 0.387 e. The summed E-state index contributed by atoms with van der Waals surface area (Å²) in [7, 11) is 0. The molecule has 0 amide bonds. The lowest BCUT2D eigenvalue weighted by molar-refractivity contribution is -0.0498. The van der Waals surface area contributed by atoms with Crippen molar-refractivity contribution in [2.45, 2.75) is 13.5 Å². The molecule has 0 heterocycles. The minimum absolute atomic E-state index is 0.110. The SMILES string of the molecule is CC(=O)c1cc(C#N)cc(OC(F)F)c1. The van der Waals surface area contributed by atoms with Crippen LogP contribution < -0.4 is 4.74 Å². The van der Waals surface area contributed by atoms with Crippen LogP contribution in [-0.2, 0) is 0 Å². The average molecular weight is 211 g/mol. The van der Waals surface area contributed by atoms with Gasteiger partial charge in [-0.05, 0) is 25.1 Å². The van der Waals surface area contributed by atoms with E-state index in [0.717, 1.165) is 6.07 Å². The maximum atomic E-state index is 11.9. The Balaban J connectivity index is 3.13. The minimum Gasteiger partial charge on any atom is -0.435 e. The Labute approximate surface area is 84.9 Å². The van der Waals surface area contributed by atoms with Crippen LogP contribution in [0.5, 0.6) is 5.75 Å². The van der Waals surface area contributed by atoms with E-state index in [-0.39, 0.29) is 22.7 Å². The molecule has 0 aromatic heterocycles. The van der Waals surface area contributed by atoms with E-state index in [1.165, 1.54) is 19.1 Å². The van der Waals surface area contributed by atoms with Crippen molar-refractivity contribution >= 4 is 5.78 Å². The Morgan fingerprint density at radius 2 is 2.13 bits per heavy atom. The van der Waals surface area contributed by atoms with Crippen LogP contribution >= 0.6 is 0 Å². The smallest absolute Gasteiger partial charge is 0.387 e. The number of nitrogens with zero attached hydrogens (tertiary/aromatic N) is 1. The van der Waals surface area contributed by atoms with E-state index in [1.807, 2.05) is 0 Å². The van der Waals surface area contributed by atoms with Crippen LogP contribution in [0.15, 0.2) is 18.2 Å². The molecule has 0 radical (unpaired) electrons. The number of ketones is 1. The van der Waals surface area contributed by atoms with E-state index in [1.54, 1.807) is 6.07 Å². The third-order valence-electron chi connectivity index (χ3n) is 1.67. The van der Waals surface area contributed by atoms with Gasteiger partial charge in [-0.15, -0.1) is 0 Å². The third-order valence-corrected chi connectivity index (χ3v) is 1.67. The summed E-state index contributed by atoms with van der Waals surface area (Å²) < 4.78 is 27.9. The first kappa shape index (κ1) is 11.1. The highest BCUT2D eigenvalue weighted by Gasteiger charge is 2.09. The molecule has 0 bridgehead atoms. The molecular weight excluding hydrogens is 204 g/mol. The predicted octanol–water partition coefficient (Wildman–Crippen LogP) is 2.36. The fraction of sp³-hybridized carbons (Fsp3) is 0.200. The number of ether oxygens (including phenoxy) is 1. The van der Waals surface area contributed by atoms with Crippen molar-refractivity contribution in [2.75, 3.05) is 0 Å². The predicted molar refractivity (Wildman–Crippen MR) is 47.8 cm³/mol. The standard InChI is InChI=1S/C10H7F2NO2/c1-6(14)8-2-7(5-13)3-9(4-8)15-10(11)12/h2-4,10H,1H3. The molecule has 0 saturated carbocycles. The number of Topliss-reactive ketones (excluding diaryl/α,β-unsaturated/α-hetero) is 1. The molecule has 0 N–H and O–H groups in total. The lowest BCUT2D eigenvalue weighted by atomic mass is 10.1. The Hall–Kier alpha value is -1.96. The summed E-state index contributed by atoms with van der Waals surface area (Å²) in [5.41, 5.74) is 0.281. The first-order valence-corrected chi connectivity index (χ1v) is 4.04. The molecule has 1 rings (SSSR count). The molecule has 15 heavy (non-hydrogen) atoms. The normalized spacial score (nSPS) is 9.80. The molecule has 78 valence electrons. The van der Waals surface area contributed by atoms with Crippen LogP contribution in [0, 0.1) is 11.3 Å². The summed E-state index contributed by atoms with van der Waals surface area (Å²) in [6.45, 7) is -1.69. The molecule has 0 atom stereocenters. The van der Waals surface area contributed by atoms with Gasteiger partial charge in [-0.25, -0.2) is 0 Å². The fourth-order valence-corrected chi connectivity index (χ4v) is 1.04. The van der Waals surface area contributed by atoms with E-state index < -0.39 is 6.61 Å². The van der Waals surface area contributed by atoms with Crippen molar-refractivity contribution < 1.29 is 18.3 Å². The van der Waals surface area contributed by atoms with Crippen LogP contribution in [0.1, 0.15) is 22.8 Å². The second-order valence-corrected chi connectivity index (χ2v) is 2.79. The number of benzene rings is 1. The molecule has 0 spiro atoms. The van der Waals surface area contributed by atoms with Gasteiger partial charge in [0.25, 0.3) is 0 Å². The van der Waals surface area contributed by atoms with Gasteiger partial charge in [0.1, 0.15) is 5.75 Å². The zero-order chi connectivity index (χ0) is 11.4. The number of carbonyl (C=O) groups is 1. The molecule has 1 aromatic carbocycles. The van der Waals surface area contributed by atoms with Gasteiger partial charge in [-0.3, -0.25) is 4.79 Å². The van der Waals surface area contributed by atoms with Crippen LogP contribution in [0.4, 0.5) is 8.78 Å². The fourth-order valence-electron chi connectivity index (χ4n) is 1.04. The molecule has 3 nitrogen and oxygen atoms in total. The number of hydrogen-bond acceptors (Lipinski definition) is 3. The van der Waals surface area contributed by atoms with Gasteiger partial charge in [0, 0.05) is 5.56 Å². The van der Waals surface area contributed by atoms with Crippen molar-refractivity contribution in [3.05, 3.63) is 29.3 Å². The lowest BCUT2D eigenvalue weighted by Gasteiger charge is -2.05. The number of hydrogen-bond donors (Lipinski definition) is 0. The Kier molecular flexibility index (Phi) is 3.34. The van der Waals surface area contributed by atoms with Crippen LogP contribution in [0.3, 0.4) is 0 Å². The molecule has 0 aliphatic carbocycles. The maximum absolute atomic E-state index is 11.9. The van der Waals surface area contributed by atoms with Crippen molar-refractivity contribution in [3.8, 4) is 11.8 Å². The Morgan fingerprint density at radius 3 is 2.60 bits per heavy atom. The number of alkyl halides is 2. The van der Waals surface area contributed by atoms with Crippen LogP contribution in [-0.4, -0.2) is 12.4 Å². The molecule has 5 heteroatoms. The van der Waals surface area contributed by atoms with E-state index in [2.05, 4.69) is 4.74 Å². The van der Waals surface area contributed by atoms with Gasteiger partial charge in [0.2, 0.25) is 0 Å². The first-order valence-electron chi connectivity index (χ1n) is 4.04. The molecule has 0 aliphatic rings. The molecular formula is C10H7F2NO2. The lowest BCUT2D eigenvalue weighted by Crippen LogP contribution is -2.03. The van der Waals surface area contributed by atoms with Crippen molar-refractivity contribution in [1.29, 1.82) is 5.26 Å².